The molecular formula is C18H17F3N2O. The Morgan fingerprint density at radius 3 is 2.42 bits per heavy atom. The van der Waals surface area contributed by atoms with Crippen LogP contribution in [0.4, 0.5) is 13.2 Å². The number of hydrogen-bond donors (Lipinski definition) is 1. The molecule has 3 rings (SSSR count). The highest BCUT2D eigenvalue weighted by atomic mass is 19.4. The molecule has 0 aliphatic rings. The van der Waals surface area contributed by atoms with Gasteiger partial charge in [-0.15, -0.1) is 0 Å². The molecule has 3 nitrogen and oxygen atoms in total. The summed E-state index contributed by atoms with van der Waals surface area (Å²) in [4.78, 5) is 18.9. The first kappa shape index (κ1) is 17.7. The summed E-state index contributed by atoms with van der Waals surface area (Å²) in [6.07, 6.45) is -3.07. The van der Waals surface area contributed by atoms with E-state index < -0.39 is 17.7 Å². The van der Waals surface area contributed by atoms with Crippen LogP contribution in [0.25, 0.3) is 10.9 Å². The second-order valence-corrected chi connectivity index (χ2v) is 4.93. The zero-order valence-electron chi connectivity index (χ0n) is 13.5. The molecule has 6 heteroatoms. The zero-order valence-corrected chi connectivity index (χ0v) is 13.5. The third-order valence-electron chi connectivity index (χ3n) is 3.44. The van der Waals surface area contributed by atoms with Crippen LogP contribution in [0.5, 0.6) is 0 Å². The largest absolute Gasteiger partial charge is 0.433 e. The van der Waals surface area contributed by atoms with Gasteiger partial charge in [0, 0.05) is 22.7 Å². The molecule has 0 amide bonds. The Bertz CT molecular complexity index is 866. The number of carbonyl (C=O) groups is 1. The maximum Gasteiger partial charge on any atom is 0.433 e. The highest BCUT2D eigenvalue weighted by Gasteiger charge is 2.33. The zero-order chi connectivity index (χ0) is 17.9. The average molecular weight is 334 g/mol. The topological polar surface area (TPSA) is 45.8 Å². The van der Waals surface area contributed by atoms with E-state index in [1.807, 2.05) is 26.8 Å². The fourth-order valence-electron chi connectivity index (χ4n) is 2.35. The Kier molecular flexibility index (Phi) is 5.07. The minimum absolute atomic E-state index is 0.225. The van der Waals surface area contributed by atoms with Gasteiger partial charge in [-0.1, -0.05) is 38.1 Å². The van der Waals surface area contributed by atoms with E-state index in [0.29, 0.717) is 10.9 Å². The van der Waals surface area contributed by atoms with Gasteiger partial charge in [0.1, 0.15) is 11.4 Å². The van der Waals surface area contributed by atoms with Crippen molar-refractivity contribution in [3.05, 3.63) is 65.1 Å². The van der Waals surface area contributed by atoms with Gasteiger partial charge >= 0.3 is 6.18 Å². The van der Waals surface area contributed by atoms with Crippen LogP contribution >= 0.6 is 0 Å². The number of benzene rings is 1. The molecule has 2 aromatic heterocycles. The van der Waals surface area contributed by atoms with Crippen LogP contribution in [0, 0.1) is 6.92 Å². The minimum atomic E-state index is -4.58. The number of rotatable bonds is 2. The number of fused-ring (bicyclic) bond motifs is 1. The van der Waals surface area contributed by atoms with Gasteiger partial charge in [0.2, 0.25) is 5.78 Å². The molecular weight excluding hydrogens is 317 g/mol. The molecule has 0 bridgehead atoms. The van der Waals surface area contributed by atoms with E-state index in [0.717, 1.165) is 17.1 Å². The lowest BCUT2D eigenvalue weighted by Crippen LogP contribution is -2.12. The number of para-hydroxylation sites is 1. The van der Waals surface area contributed by atoms with Gasteiger partial charge in [-0.25, -0.2) is 4.98 Å². The number of nitrogens with zero attached hydrogens (tertiary/aromatic N) is 1. The second-order valence-electron chi connectivity index (χ2n) is 4.93. The van der Waals surface area contributed by atoms with E-state index >= 15 is 0 Å². The summed E-state index contributed by atoms with van der Waals surface area (Å²) in [5.41, 5.74) is 0.753. The van der Waals surface area contributed by atoms with Crippen LogP contribution in [0.3, 0.4) is 0 Å². The predicted molar refractivity (Wildman–Crippen MR) is 87.1 cm³/mol. The third-order valence-corrected chi connectivity index (χ3v) is 3.44. The standard InChI is InChI=1S/C16H11F3N2O.C2H6/c1-9-4-2-5-10-11(8-20-14(9)10)15(22)12-6-3-7-13(21-12)16(17,18)19;1-2/h2-8,20H,1H3;1-2H3. The maximum absolute atomic E-state index is 12.7. The van der Waals surface area contributed by atoms with Gasteiger partial charge in [-0.05, 0) is 24.6 Å². The molecule has 0 radical (unpaired) electrons. The number of nitrogens with one attached hydrogen (secondary N) is 1. The van der Waals surface area contributed by atoms with Crippen LogP contribution < -0.4 is 0 Å². The minimum Gasteiger partial charge on any atom is -0.360 e. The normalized spacial score (nSPS) is 11.1. The fraction of sp³-hybridized carbons (Fsp3) is 0.222. The molecule has 126 valence electrons. The molecule has 0 saturated carbocycles. The highest BCUT2D eigenvalue weighted by molar-refractivity contribution is 6.15. The maximum atomic E-state index is 12.7. The number of pyridine rings is 1. The van der Waals surface area contributed by atoms with Crippen molar-refractivity contribution >= 4 is 16.7 Å². The van der Waals surface area contributed by atoms with Crippen LogP contribution in [-0.4, -0.2) is 15.8 Å². The molecule has 0 aliphatic heterocycles. The summed E-state index contributed by atoms with van der Waals surface area (Å²) in [5, 5.41) is 0.671. The quantitative estimate of drug-likeness (QED) is 0.659. The molecule has 0 fully saturated rings. The van der Waals surface area contributed by atoms with E-state index in [-0.39, 0.29) is 5.69 Å². The van der Waals surface area contributed by atoms with E-state index in [2.05, 4.69) is 9.97 Å². The van der Waals surface area contributed by atoms with Gasteiger partial charge < -0.3 is 4.98 Å². The summed E-state index contributed by atoms with van der Waals surface area (Å²) in [6.45, 7) is 5.88. The molecule has 0 aliphatic carbocycles. The number of alkyl halides is 3. The SMILES string of the molecule is CC.Cc1cccc2c(C(=O)c3cccc(C(F)(F)F)n3)c[nH]c12. The molecule has 2 heterocycles. The van der Waals surface area contributed by atoms with Gasteiger partial charge in [-0.3, -0.25) is 4.79 Å². The highest BCUT2D eigenvalue weighted by Crippen LogP contribution is 2.28. The smallest absolute Gasteiger partial charge is 0.360 e. The van der Waals surface area contributed by atoms with E-state index in [1.54, 1.807) is 12.1 Å². The fourth-order valence-corrected chi connectivity index (χ4v) is 2.35. The van der Waals surface area contributed by atoms with Crippen molar-refractivity contribution in [1.82, 2.24) is 9.97 Å². The lowest BCUT2D eigenvalue weighted by atomic mass is 10.0. The molecule has 0 atom stereocenters. The molecule has 0 unspecified atom stereocenters. The van der Waals surface area contributed by atoms with Crippen LogP contribution in [-0.2, 0) is 6.18 Å². The number of aromatic nitrogens is 2. The van der Waals surface area contributed by atoms with Gasteiger partial charge in [0.25, 0.3) is 0 Å². The lowest BCUT2D eigenvalue weighted by molar-refractivity contribution is -0.141. The summed E-state index contributed by atoms with van der Waals surface area (Å²) in [6, 6.07) is 8.74. The van der Waals surface area contributed by atoms with E-state index in [1.165, 1.54) is 18.3 Å². The molecule has 24 heavy (non-hydrogen) atoms. The Hall–Kier alpha value is -2.63. The molecule has 3 aromatic rings. The Labute approximate surface area is 137 Å². The summed E-state index contributed by atoms with van der Waals surface area (Å²) < 4.78 is 38.1. The summed E-state index contributed by atoms with van der Waals surface area (Å²) >= 11 is 0. The number of halogens is 3. The van der Waals surface area contributed by atoms with Crippen LogP contribution in [0.2, 0.25) is 0 Å². The Morgan fingerprint density at radius 2 is 1.75 bits per heavy atom. The first-order chi connectivity index (χ1) is 11.4. The van der Waals surface area contributed by atoms with Gasteiger partial charge in [0.15, 0.2) is 0 Å². The summed E-state index contributed by atoms with van der Waals surface area (Å²) in [7, 11) is 0. The van der Waals surface area contributed by atoms with Crippen molar-refractivity contribution < 1.29 is 18.0 Å². The van der Waals surface area contributed by atoms with E-state index in [9.17, 15) is 18.0 Å². The number of aryl methyl sites for hydroxylation is 1. The van der Waals surface area contributed by atoms with Crippen LogP contribution in [0.1, 0.15) is 41.2 Å². The molecule has 1 aromatic carbocycles. The number of carbonyl (C=O) groups excluding carboxylic acids is 1. The van der Waals surface area contributed by atoms with Crippen molar-refractivity contribution in [3.8, 4) is 0 Å². The Morgan fingerprint density at radius 1 is 1.08 bits per heavy atom. The third kappa shape index (κ3) is 3.32. The van der Waals surface area contributed by atoms with Gasteiger partial charge in [-0.2, -0.15) is 13.2 Å². The van der Waals surface area contributed by atoms with Crippen molar-refractivity contribution in [1.29, 1.82) is 0 Å². The number of H-pyrrole nitrogens is 1. The molecule has 0 saturated heterocycles. The Balaban J connectivity index is 0.00000100. The van der Waals surface area contributed by atoms with Crippen molar-refractivity contribution in [2.24, 2.45) is 0 Å². The monoisotopic (exact) mass is 334 g/mol. The van der Waals surface area contributed by atoms with E-state index in [4.69, 9.17) is 0 Å². The first-order valence-corrected chi connectivity index (χ1v) is 7.53. The number of aromatic amines is 1. The number of hydrogen-bond acceptors (Lipinski definition) is 2. The average Bonchev–Trinajstić information content (AvgIpc) is 3.01. The first-order valence-electron chi connectivity index (χ1n) is 7.53. The lowest BCUT2D eigenvalue weighted by Gasteiger charge is -2.06. The second kappa shape index (κ2) is 6.86. The molecule has 0 spiro atoms. The van der Waals surface area contributed by atoms with Crippen molar-refractivity contribution in [3.63, 3.8) is 0 Å². The van der Waals surface area contributed by atoms with Crippen molar-refractivity contribution in [2.45, 2.75) is 26.9 Å². The van der Waals surface area contributed by atoms with Crippen molar-refractivity contribution in [2.75, 3.05) is 0 Å². The summed E-state index contributed by atoms with van der Waals surface area (Å²) in [5.74, 6) is -0.539. The number of ketones is 1. The predicted octanol–water partition coefficient (Wildman–Crippen LogP) is 5.15. The van der Waals surface area contributed by atoms with Gasteiger partial charge in [0.05, 0.1) is 0 Å². The molecule has 1 N–H and O–H groups in total. The van der Waals surface area contributed by atoms with Crippen LogP contribution in [0.15, 0.2) is 42.6 Å².